The van der Waals surface area contributed by atoms with Gasteiger partial charge in [0.2, 0.25) is 11.8 Å². The van der Waals surface area contributed by atoms with Crippen molar-refractivity contribution in [3.63, 3.8) is 0 Å². The lowest BCUT2D eigenvalue weighted by molar-refractivity contribution is -0.140. The Balaban J connectivity index is 1.82. The first-order chi connectivity index (χ1) is 22.0. The van der Waals surface area contributed by atoms with Gasteiger partial charge in [-0.3, -0.25) is 13.9 Å². The van der Waals surface area contributed by atoms with Crippen LogP contribution >= 0.6 is 23.2 Å². The molecule has 0 aliphatic heterocycles. The first-order valence-corrected chi connectivity index (χ1v) is 17.0. The van der Waals surface area contributed by atoms with E-state index in [0.717, 1.165) is 9.87 Å². The van der Waals surface area contributed by atoms with Crippen molar-refractivity contribution in [2.45, 2.75) is 37.8 Å². The molecule has 0 aromatic heterocycles. The molecule has 1 N–H and O–H groups in total. The number of hydrogen-bond donors (Lipinski definition) is 1. The molecule has 0 aliphatic rings. The summed E-state index contributed by atoms with van der Waals surface area (Å²) in [4.78, 5) is 29.8. The van der Waals surface area contributed by atoms with Crippen LogP contribution in [-0.2, 0) is 32.6 Å². The number of halogens is 2. The Morgan fingerprint density at radius 1 is 0.826 bits per heavy atom. The summed E-state index contributed by atoms with van der Waals surface area (Å²) in [6, 6.07) is 27.7. The van der Waals surface area contributed by atoms with Gasteiger partial charge >= 0.3 is 0 Å². The fourth-order valence-corrected chi connectivity index (χ4v) is 6.57. The van der Waals surface area contributed by atoms with Gasteiger partial charge in [-0.25, -0.2) is 8.42 Å². The van der Waals surface area contributed by atoms with Crippen LogP contribution in [0.25, 0.3) is 0 Å². The number of anilines is 1. The van der Waals surface area contributed by atoms with Crippen molar-refractivity contribution in [2.75, 3.05) is 24.5 Å². The number of amides is 2. The Morgan fingerprint density at radius 3 is 2.13 bits per heavy atom. The van der Waals surface area contributed by atoms with Crippen molar-refractivity contribution in [1.29, 1.82) is 0 Å². The minimum atomic E-state index is -4.23. The quantitative estimate of drug-likeness (QED) is 0.162. The predicted molar refractivity (Wildman–Crippen MR) is 183 cm³/mol. The number of sulfonamides is 1. The summed E-state index contributed by atoms with van der Waals surface area (Å²) in [5, 5.41) is 3.61. The van der Waals surface area contributed by atoms with Crippen molar-refractivity contribution in [3.8, 4) is 5.75 Å². The Bertz CT molecular complexity index is 1740. The molecule has 46 heavy (non-hydrogen) atoms. The topological polar surface area (TPSA) is 96.0 Å². The van der Waals surface area contributed by atoms with E-state index in [1.54, 1.807) is 60.7 Å². The van der Waals surface area contributed by atoms with Gasteiger partial charge in [-0.15, -0.1) is 0 Å². The van der Waals surface area contributed by atoms with Crippen LogP contribution in [-0.4, -0.2) is 51.4 Å². The van der Waals surface area contributed by atoms with E-state index in [1.807, 2.05) is 44.2 Å². The molecule has 0 aliphatic carbocycles. The van der Waals surface area contributed by atoms with Gasteiger partial charge in [0.1, 0.15) is 18.3 Å². The second kappa shape index (κ2) is 16.0. The first-order valence-electron chi connectivity index (χ1n) is 14.8. The maximum Gasteiger partial charge on any atom is 0.264 e. The van der Waals surface area contributed by atoms with Gasteiger partial charge in [-0.2, -0.15) is 0 Å². The maximum absolute atomic E-state index is 14.5. The van der Waals surface area contributed by atoms with E-state index >= 15 is 0 Å². The van der Waals surface area contributed by atoms with E-state index in [1.165, 1.54) is 24.1 Å². The molecule has 0 radical (unpaired) electrons. The van der Waals surface area contributed by atoms with Gasteiger partial charge < -0.3 is 15.0 Å². The zero-order chi connectivity index (χ0) is 33.3. The summed E-state index contributed by atoms with van der Waals surface area (Å²) in [6.07, 6.45) is 0.197. The van der Waals surface area contributed by atoms with Gasteiger partial charge in [0.05, 0.1) is 27.7 Å². The molecule has 0 unspecified atom stereocenters. The van der Waals surface area contributed by atoms with Crippen molar-refractivity contribution >= 4 is 50.7 Å². The minimum absolute atomic E-state index is 0.0113. The smallest absolute Gasteiger partial charge is 0.264 e. The van der Waals surface area contributed by atoms with Crippen LogP contribution in [0.15, 0.2) is 108 Å². The van der Waals surface area contributed by atoms with Gasteiger partial charge in [-0.1, -0.05) is 97.7 Å². The van der Waals surface area contributed by atoms with Crippen LogP contribution in [0.5, 0.6) is 5.75 Å². The lowest BCUT2D eigenvalue weighted by atomic mass is 10.0. The van der Waals surface area contributed by atoms with E-state index < -0.39 is 28.5 Å². The fourth-order valence-electron chi connectivity index (χ4n) is 4.83. The Hall–Kier alpha value is -4.05. The SMILES string of the molecule is COc1cccc(N(CC(=O)N(Cc2ccc(Cl)c(Cl)c2)[C@@H](Cc2ccccc2)C(=O)NCC(C)C)S(=O)(=O)c2ccccc2)c1. The fraction of sp³-hybridized carbons (Fsp3) is 0.257. The monoisotopic (exact) mass is 681 g/mol. The second-order valence-electron chi connectivity index (χ2n) is 11.1. The number of nitrogens with one attached hydrogen (secondary N) is 1. The first kappa shape index (κ1) is 34.8. The summed E-state index contributed by atoms with van der Waals surface area (Å²) in [5.74, 6) is -0.361. The molecule has 0 heterocycles. The second-order valence-corrected chi connectivity index (χ2v) is 13.8. The highest BCUT2D eigenvalue weighted by Crippen LogP contribution is 2.29. The lowest BCUT2D eigenvalue weighted by Gasteiger charge is -2.34. The third-order valence-corrected chi connectivity index (χ3v) is 9.77. The van der Waals surface area contributed by atoms with Crippen LogP contribution in [0.1, 0.15) is 25.0 Å². The number of nitrogens with zero attached hydrogens (tertiary/aromatic N) is 2. The molecule has 4 rings (SSSR count). The van der Waals surface area contributed by atoms with Gasteiger partial charge in [0, 0.05) is 25.6 Å². The van der Waals surface area contributed by atoms with Gasteiger partial charge in [0.15, 0.2) is 0 Å². The maximum atomic E-state index is 14.5. The van der Waals surface area contributed by atoms with E-state index in [-0.39, 0.29) is 35.4 Å². The molecule has 242 valence electrons. The molecular formula is C35H37Cl2N3O5S. The summed E-state index contributed by atoms with van der Waals surface area (Å²) >= 11 is 12.5. The van der Waals surface area contributed by atoms with Crippen LogP contribution < -0.4 is 14.4 Å². The molecule has 1 atom stereocenters. The summed E-state index contributed by atoms with van der Waals surface area (Å²) in [7, 11) is -2.75. The van der Waals surface area contributed by atoms with Crippen molar-refractivity contribution in [1.82, 2.24) is 10.2 Å². The largest absolute Gasteiger partial charge is 0.497 e. The molecule has 8 nitrogen and oxygen atoms in total. The summed E-state index contributed by atoms with van der Waals surface area (Å²) < 4.78 is 34.6. The average molecular weight is 683 g/mol. The van der Waals surface area contributed by atoms with E-state index in [9.17, 15) is 18.0 Å². The van der Waals surface area contributed by atoms with Crippen molar-refractivity contribution < 1.29 is 22.7 Å². The van der Waals surface area contributed by atoms with Crippen LogP contribution in [0, 0.1) is 5.92 Å². The highest BCUT2D eigenvalue weighted by molar-refractivity contribution is 7.92. The van der Waals surface area contributed by atoms with Crippen molar-refractivity contribution in [2.24, 2.45) is 5.92 Å². The molecular weight excluding hydrogens is 645 g/mol. The standard InChI is InChI=1S/C35H37Cl2N3O5S/c1-25(2)22-38-35(42)33(20-26-11-6-4-7-12-26)39(23-27-17-18-31(36)32(37)19-27)34(41)24-40(28-13-10-14-29(21-28)45-3)46(43,44)30-15-8-5-9-16-30/h4-19,21,25,33H,20,22-24H2,1-3H3,(H,38,42)/t33-/m0/s1. The van der Waals surface area contributed by atoms with Crippen molar-refractivity contribution in [3.05, 3.63) is 124 Å². The lowest BCUT2D eigenvalue weighted by Crippen LogP contribution is -2.53. The molecule has 0 bridgehead atoms. The summed E-state index contributed by atoms with van der Waals surface area (Å²) in [5.41, 5.74) is 1.69. The molecule has 0 saturated heterocycles. The normalized spacial score (nSPS) is 12.0. The molecule has 0 fully saturated rings. The molecule has 4 aromatic carbocycles. The third kappa shape index (κ3) is 9.02. The summed E-state index contributed by atoms with van der Waals surface area (Å²) in [6.45, 7) is 3.74. The molecule has 2 amide bonds. The molecule has 0 spiro atoms. The van der Waals surface area contributed by atoms with Crippen LogP contribution in [0.4, 0.5) is 5.69 Å². The average Bonchev–Trinajstić information content (AvgIpc) is 3.06. The number of carbonyl (C=O) groups excluding carboxylic acids is 2. The minimum Gasteiger partial charge on any atom is -0.497 e. The van der Waals surface area contributed by atoms with Gasteiger partial charge in [0.25, 0.3) is 10.0 Å². The van der Waals surface area contributed by atoms with E-state index in [0.29, 0.717) is 27.9 Å². The number of ether oxygens (including phenoxy) is 1. The molecule has 0 saturated carbocycles. The number of hydrogen-bond acceptors (Lipinski definition) is 5. The zero-order valence-corrected chi connectivity index (χ0v) is 28.2. The highest BCUT2D eigenvalue weighted by Gasteiger charge is 2.35. The number of rotatable bonds is 14. The highest BCUT2D eigenvalue weighted by atomic mass is 35.5. The Morgan fingerprint density at radius 2 is 1.50 bits per heavy atom. The Labute approximate surface area is 280 Å². The molecule has 11 heteroatoms. The third-order valence-electron chi connectivity index (χ3n) is 7.24. The van der Waals surface area contributed by atoms with E-state index in [2.05, 4.69) is 5.32 Å². The predicted octanol–water partition coefficient (Wildman–Crippen LogP) is 6.61. The van der Waals surface area contributed by atoms with Crippen LogP contribution in [0.3, 0.4) is 0 Å². The van der Waals surface area contributed by atoms with Crippen LogP contribution in [0.2, 0.25) is 10.0 Å². The number of benzene rings is 4. The molecule has 4 aromatic rings. The van der Waals surface area contributed by atoms with E-state index in [4.69, 9.17) is 27.9 Å². The number of methoxy groups -OCH3 is 1. The van der Waals surface area contributed by atoms with Gasteiger partial charge in [-0.05, 0) is 53.4 Å². The number of carbonyl (C=O) groups is 2. The Kier molecular flexibility index (Phi) is 12.1. The zero-order valence-electron chi connectivity index (χ0n) is 25.9.